The summed E-state index contributed by atoms with van der Waals surface area (Å²) in [7, 11) is 0. The molecule has 0 aliphatic carbocycles. The molecule has 0 radical (unpaired) electrons. The number of guanidine groups is 1. The number of carboxylic acid groups (broad SMARTS) is 4. The zero-order valence-electron chi connectivity index (χ0n) is 36.0. The zero-order valence-corrected chi connectivity index (χ0v) is 36.0. The van der Waals surface area contributed by atoms with Gasteiger partial charge in [-0.2, -0.15) is 0 Å². The fraction of sp³-hybridized carbons (Fsp3) is 0.711. The lowest BCUT2D eigenvalue weighted by atomic mass is 9.85. The second kappa shape index (κ2) is 24.8. The number of aliphatic carboxylic acids is 4. The summed E-state index contributed by atoms with van der Waals surface area (Å²) in [6, 6.07) is -5.89. The minimum Gasteiger partial charge on any atom is -0.481 e. The molecule has 4 fully saturated rings. The van der Waals surface area contributed by atoms with E-state index in [1.165, 1.54) is 4.90 Å². The Morgan fingerprint density at radius 3 is 1.71 bits per heavy atom. The molecule has 362 valence electrons. The largest absolute Gasteiger partial charge is 0.481 e. The van der Waals surface area contributed by atoms with Gasteiger partial charge in [-0.3, -0.25) is 73.0 Å². The molecule has 65 heavy (non-hydrogen) atoms. The van der Waals surface area contributed by atoms with Gasteiger partial charge in [0.1, 0.15) is 24.2 Å². The number of hydrogen-bond donors (Lipinski definition) is 12. The summed E-state index contributed by atoms with van der Waals surface area (Å²) < 4.78 is 0. The van der Waals surface area contributed by atoms with E-state index in [-0.39, 0.29) is 123 Å². The van der Waals surface area contributed by atoms with Crippen LogP contribution in [-0.4, -0.2) is 239 Å². The molecule has 27 heteroatoms. The van der Waals surface area contributed by atoms with Crippen LogP contribution in [0.3, 0.4) is 0 Å². The first-order valence-corrected chi connectivity index (χ1v) is 21.4. The van der Waals surface area contributed by atoms with Gasteiger partial charge in [-0.25, -0.2) is 0 Å². The van der Waals surface area contributed by atoms with Crippen LogP contribution in [0.25, 0.3) is 0 Å². The van der Waals surface area contributed by atoms with Crippen molar-refractivity contribution in [1.29, 1.82) is 5.41 Å². The number of nitrogens with two attached hydrogens (primary N) is 1. The Morgan fingerprint density at radius 1 is 0.662 bits per heavy atom. The van der Waals surface area contributed by atoms with Gasteiger partial charge in [0, 0.05) is 77.4 Å². The number of hydrogen-bond acceptors (Lipinski definition) is 15. The topological polar surface area (TPSA) is 390 Å². The first-order chi connectivity index (χ1) is 30.8. The number of nitrogens with zero attached hydrogens (tertiary/aromatic N) is 5. The predicted molar refractivity (Wildman–Crippen MR) is 224 cm³/mol. The second-order valence-electron chi connectivity index (χ2n) is 16.5. The van der Waals surface area contributed by atoms with E-state index in [0.29, 0.717) is 6.42 Å². The molecule has 4 rings (SSSR count). The summed E-state index contributed by atoms with van der Waals surface area (Å²) >= 11 is 0. The molecule has 6 atom stereocenters. The second-order valence-corrected chi connectivity index (χ2v) is 16.5. The molecule has 6 amide bonds. The van der Waals surface area contributed by atoms with Gasteiger partial charge in [0.05, 0.1) is 39.1 Å². The van der Waals surface area contributed by atoms with Crippen LogP contribution in [0.1, 0.15) is 38.5 Å². The summed E-state index contributed by atoms with van der Waals surface area (Å²) in [5.41, 5.74) is 5.35. The van der Waals surface area contributed by atoms with Crippen LogP contribution in [0.5, 0.6) is 0 Å². The third-order valence-corrected chi connectivity index (χ3v) is 11.7. The van der Waals surface area contributed by atoms with Crippen molar-refractivity contribution in [2.75, 3.05) is 98.2 Å². The number of amides is 6. The van der Waals surface area contributed by atoms with E-state index < -0.39 is 108 Å². The minimum atomic E-state index is -1.69. The average molecular weight is 924 g/mol. The molecule has 13 N–H and O–H groups in total. The number of nitrogens with one attached hydrogen (secondary N) is 7. The number of carboxylic acids is 4. The summed E-state index contributed by atoms with van der Waals surface area (Å²) in [4.78, 5) is 136. The van der Waals surface area contributed by atoms with Crippen molar-refractivity contribution in [3.63, 3.8) is 0 Å². The molecule has 0 aromatic rings. The number of fused-ring (bicyclic) bond motifs is 1. The number of piperidine rings is 1. The van der Waals surface area contributed by atoms with Crippen molar-refractivity contribution >= 4 is 65.3 Å². The van der Waals surface area contributed by atoms with Crippen molar-refractivity contribution in [1.82, 2.24) is 56.4 Å². The summed E-state index contributed by atoms with van der Waals surface area (Å²) in [6.45, 7) is -0.608. The first-order valence-electron chi connectivity index (χ1n) is 21.4. The van der Waals surface area contributed by atoms with Gasteiger partial charge in [0.2, 0.25) is 35.4 Å². The Bertz CT molecular complexity index is 1770. The van der Waals surface area contributed by atoms with Gasteiger partial charge in [-0.05, 0) is 32.1 Å². The van der Waals surface area contributed by atoms with E-state index in [2.05, 4.69) is 31.9 Å². The average Bonchev–Trinajstić information content (AvgIpc) is 3.65. The molecule has 0 aromatic heterocycles. The fourth-order valence-electron chi connectivity index (χ4n) is 8.46. The van der Waals surface area contributed by atoms with Crippen LogP contribution < -0.4 is 37.6 Å². The quantitative estimate of drug-likeness (QED) is 0.0389. The van der Waals surface area contributed by atoms with Crippen molar-refractivity contribution in [3.8, 4) is 0 Å². The fourth-order valence-corrected chi connectivity index (χ4v) is 8.46. The van der Waals surface area contributed by atoms with Gasteiger partial charge in [-0.15, -0.1) is 0 Å². The van der Waals surface area contributed by atoms with Crippen LogP contribution in [0.15, 0.2) is 0 Å². The number of carbonyl (C=O) groups is 10. The van der Waals surface area contributed by atoms with Gasteiger partial charge in [0.15, 0.2) is 5.96 Å². The lowest BCUT2D eigenvalue weighted by Crippen LogP contribution is -2.65. The van der Waals surface area contributed by atoms with Crippen molar-refractivity contribution < 1.29 is 68.4 Å². The molecule has 4 aliphatic heterocycles. The maximum atomic E-state index is 14.4. The predicted octanol–water partition coefficient (Wildman–Crippen LogP) is -6.72. The van der Waals surface area contributed by atoms with Crippen molar-refractivity contribution in [2.24, 2.45) is 11.7 Å². The molecule has 0 unspecified atom stereocenters. The smallest absolute Gasteiger partial charge is 0.317 e. The highest BCUT2D eigenvalue weighted by atomic mass is 16.4. The van der Waals surface area contributed by atoms with E-state index in [4.69, 9.17) is 11.1 Å². The highest BCUT2D eigenvalue weighted by molar-refractivity contribution is 5.98. The monoisotopic (exact) mass is 923 g/mol. The highest BCUT2D eigenvalue weighted by Gasteiger charge is 2.51. The molecular weight excluding hydrogens is 862 g/mol. The molecule has 4 heterocycles. The van der Waals surface area contributed by atoms with Crippen LogP contribution in [0.2, 0.25) is 0 Å². The molecule has 4 aliphatic rings. The van der Waals surface area contributed by atoms with Crippen LogP contribution in [0, 0.1) is 11.3 Å². The summed E-state index contributed by atoms with van der Waals surface area (Å²) in [6.07, 6.45) is 0.129. The van der Waals surface area contributed by atoms with E-state index in [1.54, 1.807) is 19.6 Å². The number of rotatable bonds is 16. The van der Waals surface area contributed by atoms with Crippen molar-refractivity contribution in [2.45, 2.75) is 68.7 Å². The first kappa shape index (κ1) is 51.4. The Balaban J connectivity index is 1.54. The lowest BCUT2D eigenvalue weighted by Gasteiger charge is -2.42. The molecule has 0 saturated carbocycles. The van der Waals surface area contributed by atoms with E-state index in [0.717, 1.165) is 0 Å². The van der Waals surface area contributed by atoms with Crippen LogP contribution >= 0.6 is 0 Å². The van der Waals surface area contributed by atoms with Gasteiger partial charge in [-0.1, -0.05) is 0 Å². The maximum absolute atomic E-state index is 14.4. The van der Waals surface area contributed by atoms with Crippen LogP contribution in [-0.2, 0) is 47.9 Å². The third-order valence-electron chi connectivity index (χ3n) is 11.7. The highest BCUT2D eigenvalue weighted by Crippen LogP contribution is 2.35. The zero-order chi connectivity index (χ0) is 47.8. The third kappa shape index (κ3) is 16.7. The molecule has 2 bridgehead atoms. The summed E-state index contributed by atoms with van der Waals surface area (Å²) in [5.74, 6) is -10.5. The Labute approximate surface area is 373 Å². The molecule has 27 nitrogen and oxygen atoms in total. The van der Waals surface area contributed by atoms with Crippen molar-refractivity contribution in [3.05, 3.63) is 0 Å². The molecule has 0 spiro atoms. The lowest BCUT2D eigenvalue weighted by molar-refractivity contribution is -0.149. The minimum absolute atomic E-state index is 0.0432. The maximum Gasteiger partial charge on any atom is 0.317 e. The van der Waals surface area contributed by atoms with E-state index in [1.807, 2.05) is 0 Å². The number of carbonyl (C=O) groups excluding carboxylic acids is 6. The van der Waals surface area contributed by atoms with E-state index >= 15 is 0 Å². The van der Waals surface area contributed by atoms with Gasteiger partial charge < -0.3 is 63.0 Å². The van der Waals surface area contributed by atoms with Gasteiger partial charge in [0.25, 0.3) is 0 Å². The Morgan fingerprint density at radius 2 is 1.20 bits per heavy atom. The van der Waals surface area contributed by atoms with Gasteiger partial charge >= 0.3 is 23.9 Å². The standard InChI is InChI=1S/C38H61N13O14/c39-38(40)41-5-1-2-24-34(62)43-17-27(52)44-25(15-29(54)55)35(63)46-33-22(14-23-3-4-26(36(64)45-24)51(23)37(33)65)16-42-28(53)18-47-6-8-48(19-30(56)57)10-12-50(21-32(60)61)13-11-49(9-7-47)20-31(58)59/h22-26,33H,1-21H2,(H,42,53)(H,43,62)(H,44,52)(H,45,64)(H,46,63)(H,54,55)(H,56,57)(H,58,59)(H,60,61)(H4,39,40,41)/t22-,23-,24-,25-,26-,33+/m0/s1. The molecular formula is C38H61N13O14. The molecule has 0 aromatic carbocycles. The Kier molecular flexibility index (Phi) is 19.6. The summed E-state index contributed by atoms with van der Waals surface area (Å²) in [5, 5.41) is 60.9. The SMILES string of the molecule is N=C(N)NCCC[C@@H]1NC(=O)[C@@H]2CC[C@H]3C[C@@H](CNC(=O)CN4CCN(CC(=O)O)CCN(CC(=O)O)CCN(CC(=O)O)CC4)[C@@H](NC(=O)[C@H](CC(=O)O)NC(=O)CNC1=O)C(=O)N32. The van der Waals surface area contributed by atoms with E-state index in [9.17, 15) is 68.4 Å². The normalized spacial score (nSPS) is 26.1. The Hall–Kier alpha value is -6.19. The molecule has 4 saturated heterocycles. The van der Waals surface area contributed by atoms with Crippen LogP contribution in [0.4, 0.5) is 0 Å².